The van der Waals surface area contributed by atoms with Gasteiger partial charge < -0.3 is 14.6 Å². The van der Waals surface area contributed by atoms with Crippen LogP contribution in [-0.4, -0.2) is 49.0 Å². The number of hydrogen-bond acceptors (Lipinski definition) is 5. The molecule has 0 unspecified atom stereocenters. The second-order valence-corrected chi connectivity index (χ2v) is 7.51. The van der Waals surface area contributed by atoms with Crippen molar-refractivity contribution in [3.63, 3.8) is 0 Å². The van der Waals surface area contributed by atoms with Gasteiger partial charge in [0.05, 0.1) is 12.5 Å². The van der Waals surface area contributed by atoms with E-state index in [4.69, 9.17) is 14.6 Å². The fourth-order valence-electron chi connectivity index (χ4n) is 3.85. The number of rotatable bonds is 6. The molecule has 9 heteroatoms. The minimum Gasteiger partial charge on any atom is -0.483 e. The number of piperidine rings is 1. The van der Waals surface area contributed by atoms with Crippen molar-refractivity contribution in [1.29, 1.82) is 0 Å². The average molecular weight is 453 g/mol. The monoisotopic (exact) mass is 453 g/mol. The van der Waals surface area contributed by atoms with E-state index >= 15 is 0 Å². The van der Waals surface area contributed by atoms with Crippen LogP contribution >= 0.6 is 0 Å². The van der Waals surface area contributed by atoms with Crippen molar-refractivity contribution in [2.24, 2.45) is 5.41 Å². The molecule has 0 atom stereocenters. The van der Waals surface area contributed by atoms with Crippen LogP contribution < -0.4 is 4.74 Å². The van der Waals surface area contributed by atoms with Gasteiger partial charge in [-0.25, -0.2) is 0 Å². The van der Waals surface area contributed by atoms with E-state index in [1.54, 1.807) is 12.1 Å². The summed E-state index contributed by atoms with van der Waals surface area (Å²) in [7, 11) is 1.38. The number of alkyl halides is 3. The lowest BCUT2D eigenvalue weighted by molar-refractivity contribution is -0.274. The van der Waals surface area contributed by atoms with Gasteiger partial charge in [-0.1, -0.05) is 42.5 Å². The SMILES string of the molecule is COC(=O)C1(Cc2ccc(OC(F)(F)F)cc2)CCN(Cc2ccccc2)CC1.O=CO. The summed E-state index contributed by atoms with van der Waals surface area (Å²) in [6.07, 6.45) is -3.04. The number of carbonyl (C=O) groups excluding carboxylic acids is 1. The van der Waals surface area contributed by atoms with Crippen LogP contribution in [-0.2, 0) is 27.3 Å². The Hall–Kier alpha value is -3.07. The number of hydrogen-bond donors (Lipinski definition) is 1. The molecule has 0 spiro atoms. The van der Waals surface area contributed by atoms with Gasteiger partial charge in [0.25, 0.3) is 6.47 Å². The highest BCUT2D eigenvalue weighted by molar-refractivity contribution is 5.77. The number of carboxylic acid groups (broad SMARTS) is 1. The number of nitrogens with zero attached hydrogens (tertiary/aromatic N) is 1. The van der Waals surface area contributed by atoms with E-state index in [1.165, 1.54) is 24.8 Å². The lowest BCUT2D eigenvalue weighted by Crippen LogP contribution is -2.45. The largest absolute Gasteiger partial charge is 0.573 e. The van der Waals surface area contributed by atoms with E-state index in [-0.39, 0.29) is 18.2 Å². The van der Waals surface area contributed by atoms with E-state index in [0.717, 1.165) is 25.2 Å². The van der Waals surface area contributed by atoms with Crippen LogP contribution in [0.4, 0.5) is 13.2 Å². The number of benzene rings is 2. The third-order valence-corrected chi connectivity index (χ3v) is 5.38. The van der Waals surface area contributed by atoms with E-state index in [1.807, 2.05) is 18.2 Å². The Balaban J connectivity index is 0.00000114. The molecule has 0 aliphatic carbocycles. The molecule has 6 nitrogen and oxygen atoms in total. The summed E-state index contributed by atoms with van der Waals surface area (Å²) in [5, 5.41) is 6.89. The van der Waals surface area contributed by atoms with Gasteiger partial charge in [0.2, 0.25) is 0 Å². The molecule has 1 saturated heterocycles. The predicted molar refractivity (Wildman–Crippen MR) is 111 cm³/mol. The van der Waals surface area contributed by atoms with Crippen molar-refractivity contribution >= 4 is 12.4 Å². The minimum atomic E-state index is -4.72. The minimum absolute atomic E-state index is 0.250. The maximum atomic E-state index is 12.6. The Morgan fingerprint density at radius 2 is 1.62 bits per heavy atom. The Morgan fingerprint density at radius 3 is 2.12 bits per heavy atom. The van der Waals surface area contributed by atoms with Crippen molar-refractivity contribution in [1.82, 2.24) is 4.90 Å². The van der Waals surface area contributed by atoms with Crippen LogP contribution in [0.1, 0.15) is 24.0 Å². The molecule has 0 radical (unpaired) electrons. The molecule has 0 saturated carbocycles. The van der Waals surface area contributed by atoms with Crippen molar-refractivity contribution < 1.29 is 37.3 Å². The quantitative estimate of drug-likeness (QED) is 0.520. The maximum Gasteiger partial charge on any atom is 0.573 e. The molecule has 0 amide bonds. The third kappa shape index (κ3) is 7.56. The van der Waals surface area contributed by atoms with Crippen LogP contribution in [0.3, 0.4) is 0 Å². The molecule has 3 rings (SSSR count). The van der Waals surface area contributed by atoms with Crippen LogP contribution in [0.25, 0.3) is 0 Å². The number of esters is 1. The van der Waals surface area contributed by atoms with Gasteiger partial charge >= 0.3 is 12.3 Å². The predicted octanol–water partition coefficient (Wildman–Crippen LogP) is 4.28. The normalized spacial score (nSPS) is 15.8. The molecular formula is C23H26F3NO5. The van der Waals surface area contributed by atoms with Gasteiger partial charge in [-0.15, -0.1) is 13.2 Å². The highest BCUT2D eigenvalue weighted by atomic mass is 19.4. The number of ether oxygens (including phenoxy) is 2. The molecule has 1 fully saturated rings. The second kappa shape index (κ2) is 11.5. The molecule has 32 heavy (non-hydrogen) atoms. The van der Waals surface area contributed by atoms with Crippen molar-refractivity contribution in [3.8, 4) is 5.75 Å². The second-order valence-electron chi connectivity index (χ2n) is 7.51. The lowest BCUT2D eigenvalue weighted by atomic mass is 9.73. The first-order chi connectivity index (χ1) is 15.2. The Labute approximate surface area is 184 Å². The highest BCUT2D eigenvalue weighted by Gasteiger charge is 2.42. The zero-order chi connectivity index (χ0) is 23.6. The zero-order valence-electron chi connectivity index (χ0n) is 17.7. The highest BCUT2D eigenvalue weighted by Crippen LogP contribution is 2.37. The fraction of sp³-hybridized carbons (Fsp3) is 0.391. The number of halogens is 3. The number of likely N-dealkylation sites (tertiary alicyclic amines) is 1. The molecule has 1 aliphatic heterocycles. The summed E-state index contributed by atoms with van der Waals surface area (Å²) in [6.45, 7) is 2.07. The van der Waals surface area contributed by atoms with Gasteiger partial charge in [-0.2, -0.15) is 0 Å². The van der Waals surface area contributed by atoms with Crippen LogP contribution in [0.2, 0.25) is 0 Å². The van der Waals surface area contributed by atoms with E-state index in [0.29, 0.717) is 19.3 Å². The maximum absolute atomic E-state index is 12.6. The summed E-state index contributed by atoms with van der Waals surface area (Å²) in [5.41, 5.74) is 1.33. The molecule has 1 N–H and O–H groups in total. The van der Waals surface area contributed by atoms with Gasteiger partial charge in [-0.05, 0) is 55.6 Å². The van der Waals surface area contributed by atoms with Gasteiger partial charge in [0, 0.05) is 6.54 Å². The Kier molecular flexibility index (Phi) is 9.07. The molecule has 2 aromatic rings. The standard InChI is InChI=1S/C22H24F3NO3.CH2O2/c1-28-20(27)21(15-17-7-9-19(10-8-17)29-22(23,24)25)11-13-26(14-12-21)16-18-5-3-2-4-6-18;2-1-3/h2-10H,11-16H2,1H3;1H,(H,2,3). The molecule has 174 valence electrons. The third-order valence-electron chi connectivity index (χ3n) is 5.38. The summed E-state index contributed by atoms with van der Waals surface area (Å²) < 4.78 is 46.0. The topological polar surface area (TPSA) is 76.1 Å². The summed E-state index contributed by atoms with van der Waals surface area (Å²) in [6, 6.07) is 15.8. The summed E-state index contributed by atoms with van der Waals surface area (Å²) in [4.78, 5) is 23.3. The Morgan fingerprint density at radius 1 is 1.06 bits per heavy atom. The van der Waals surface area contributed by atoms with Crippen LogP contribution in [0.15, 0.2) is 54.6 Å². The van der Waals surface area contributed by atoms with E-state index < -0.39 is 11.8 Å². The van der Waals surface area contributed by atoms with Gasteiger partial charge in [0.1, 0.15) is 5.75 Å². The van der Waals surface area contributed by atoms with E-state index in [2.05, 4.69) is 21.8 Å². The van der Waals surface area contributed by atoms with Gasteiger partial charge in [-0.3, -0.25) is 14.5 Å². The first-order valence-corrected chi connectivity index (χ1v) is 9.98. The van der Waals surface area contributed by atoms with Crippen molar-refractivity contribution in [2.75, 3.05) is 20.2 Å². The molecule has 1 aliphatic rings. The zero-order valence-corrected chi connectivity index (χ0v) is 17.7. The first kappa shape index (κ1) is 25.2. The van der Waals surface area contributed by atoms with E-state index in [9.17, 15) is 18.0 Å². The van der Waals surface area contributed by atoms with Crippen molar-refractivity contribution in [2.45, 2.75) is 32.2 Å². The smallest absolute Gasteiger partial charge is 0.483 e. The molecular weight excluding hydrogens is 427 g/mol. The fourth-order valence-corrected chi connectivity index (χ4v) is 3.85. The molecule has 0 aromatic heterocycles. The lowest BCUT2D eigenvalue weighted by Gasteiger charge is -2.40. The molecule has 2 aromatic carbocycles. The number of carbonyl (C=O) groups is 2. The van der Waals surface area contributed by atoms with Crippen LogP contribution in [0, 0.1) is 5.41 Å². The van der Waals surface area contributed by atoms with Gasteiger partial charge in [0.15, 0.2) is 0 Å². The Bertz CT molecular complexity index is 848. The molecule has 1 heterocycles. The molecule has 0 bridgehead atoms. The first-order valence-electron chi connectivity index (χ1n) is 9.98. The number of methoxy groups -OCH3 is 1. The van der Waals surface area contributed by atoms with Crippen LogP contribution in [0.5, 0.6) is 5.75 Å². The summed E-state index contributed by atoms with van der Waals surface area (Å²) in [5.74, 6) is -0.543. The van der Waals surface area contributed by atoms with Crippen molar-refractivity contribution in [3.05, 3.63) is 65.7 Å². The summed E-state index contributed by atoms with van der Waals surface area (Å²) >= 11 is 0. The average Bonchev–Trinajstić information content (AvgIpc) is 2.76.